The van der Waals surface area contributed by atoms with Crippen LogP contribution in [0.1, 0.15) is 18.6 Å². The van der Waals surface area contributed by atoms with Crippen LogP contribution in [0, 0.1) is 21.7 Å². The predicted molar refractivity (Wildman–Crippen MR) is 70.2 cm³/mol. The lowest BCUT2D eigenvalue weighted by atomic mass is 10.1. The molecule has 0 radical (unpaired) electrons. The summed E-state index contributed by atoms with van der Waals surface area (Å²) in [6.07, 6.45) is -0.853. The first-order valence-corrected chi connectivity index (χ1v) is 5.98. The lowest BCUT2D eigenvalue weighted by Crippen LogP contribution is -1.97. The van der Waals surface area contributed by atoms with Gasteiger partial charge in [-0.05, 0) is 36.8 Å². The molecule has 5 nitrogen and oxygen atoms in total. The zero-order valence-electron chi connectivity index (χ0n) is 10.9. The smallest absolute Gasteiger partial charge is 0.314 e. The van der Waals surface area contributed by atoms with E-state index in [1.807, 2.05) is 0 Å². The van der Waals surface area contributed by atoms with Crippen LogP contribution in [0.2, 0.25) is 0 Å². The van der Waals surface area contributed by atoms with Crippen molar-refractivity contribution in [2.24, 2.45) is 0 Å². The monoisotopic (exact) mass is 295 g/mol. The van der Waals surface area contributed by atoms with Crippen molar-refractivity contribution in [3.63, 3.8) is 0 Å². The summed E-state index contributed by atoms with van der Waals surface area (Å²) in [5.74, 6) is -2.11. The van der Waals surface area contributed by atoms with Crippen LogP contribution in [-0.2, 0) is 0 Å². The van der Waals surface area contributed by atoms with Crippen LogP contribution in [-0.4, -0.2) is 10.0 Å². The van der Waals surface area contributed by atoms with Crippen molar-refractivity contribution in [1.82, 2.24) is 0 Å². The average molecular weight is 295 g/mol. The van der Waals surface area contributed by atoms with E-state index in [0.29, 0.717) is 11.6 Å². The fourth-order valence-corrected chi connectivity index (χ4v) is 1.70. The summed E-state index contributed by atoms with van der Waals surface area (Å²) >= 11 is 0. The molecule has 0 aliphatic rings. The molecular weight excluding hydrogens is 284 g/mol. The van der Waals surface area contributed by atoms with Gasteiger partial charge in [0.15, 0.2) is 11.6 Å². The molecule has 0 saturated carbocycles. The molecule has 2 rings (SSSR count). The minimum Gasteiger partial charge on any atom is -0.447 e. The maximum absolute atomic E-state index is 13.8. The summed E-state index contributed by atoms with van der Waals surface area (Å²) in [5, 5.41) is 20.2. The predicted octanol–water partition coefficient (Wildman–Crippen LogP) is 3.72. The highest BCUT2D eigenvalue weighted by Crippen LogP contribution is 2.33. The minimum atomic E-state index is -0.853. The van der Waals surface area contributed by atoms with Gasteiger partial charge in [-0.1, -0.05) is 6.07 Å². The molecule has 0 saturated heterocycles. The molecule has 1 atom stereocenters. The van der Waals surface area contributed by atoms with Crippen molar-refractivity contribution < 1.29 is 23.5 Å². The topological polar surface area (TPSA) is 72.6 Å². The van der Waals surface area contributed by atoms with Crippen LogP contribution < -0.4 is 4.74 Å². The Kier molecular flexibility index (Phi) is 4.13. The number of rotatable bonds is 4. The van der Waals surface area contributed by atoms with Crippen molar-refractivity contribution in [3.8, 4) is 11.5 Å². The number of aliphatic hydroxyl groups excluding tert-OH is 1. The normalized spacial score (nSPS) is 12.0. The highest BCUT2D eigenvalue weighted by atomic mass is 19.1. The number of nitro groups is 1. The number of hydrogen-bond acceptors (Lipinski definition) is 4. The van der Waals surface area contributed by atoms with Gasteiger partial charge in [-0.3, -0.25) is 10.1 Å². The molecule has 0 spiro atoms. The van der Waals surface area contributed by atoms with Crippen LogP contribution in [0.4, 0.5) is 14.5 Å². The fraction of sp³-hybridized carbons (Fsp3) is 0.143. The van der Waals surface area contributed by atoms with E-state index in [0.717, 1.165) is 18.2 Å². The Hall–Kier alpha value is -2.54. The summed E-state index contributed by atoms with van der Waals surface area (Å²) in [6.45, 7) is 1.47. The fourth-order valence-electron chi connectivity index (χ4n) is 1.70. The van der Waals surface area contributed by atoms with Crippen LogP contribution in [0.15, 0.2) is 36.4 Å². The van der Waals surface area contributed by atoms with Crippen LogP contribution >= 0.6 is 0 Å². The molecule has 0 heterocycles. The Morgan fingerprint density at radius 3 is 2.43 bits per heavy atom. The molecular formula is C14H11F2NO4. The summed E-state index contributed by atoms with van der Waals surface area (Å²) in [7, 11) is 0. The van der Waals surface area contributed by atoms with Gasteiger partial charge in [-0.15, -0.1) is 0 Å². The average Bonchev–Trinajstić information content (AvgIpc) is 2.42. The van der Waals surface area contributed by atoms with Gasteiger partial charge in [0, 0.05) is 0 Å². The highest BCUT2D eigenvalue weighted by molar-refractivity contribution is 5.49. The van der Waals surface area contributed by atoms with Gasteiger partial charge in [0.25, 0.3) is 0 Å². The second-order valence-corrected chi connectivity index (χ2v) is 4.34. The lowest BCUT2D eigenvalue weighted by Gasteiger charge is -2.10. The van der Waals surface area contributed by atoms with Gasteiger partial charge in [0.1, 0.15) is 5.82 Å². The number of halogens is 2. The molecule has 1 N–H and O–H groups in total. The van der Waals surface area contributed by atoms with Crippen LogP contribution in [0.25, 0.3) is 0 Å². The standard InChI is InChI=1S/C14H11F2NO4/c1-8(18)9-2-4-13(11(16)6-9)21-14-5-3-10(15)7-12(14)17(19)20/h2-8,18H,1H3. The molecule has 2 aromatic carbocycles. The second kappa shape index (κ2) is 5.84. The maximum Gasteiger partial charge on any atom is 0.314 e. The third-order valence-electron chi connectivity index (χ3n) is 2.78. The zero-order valence-corrected chi connectivity index (χ0v) is 10.9. The SMILES string of the molecule is CC(O)c1ccc(Oc2ccc(F)cc2[N+](=O)[O-])c(F)c1. The molecule has 0 aliphatic carbocycles. The minimum absolute atomic E-state index is 0.255. The second-order valence-electron chi connectivity index (χ2n) is 4.34. The summed E-state index contributed by atoms with van der Waals surface area (Å²) in [4.78, 5) is 10.0. The molecule has 1 unspecified atom stereocenters. The number of nitrogens with zero attached hydrogens (tertiary/aromatic N) is 1. The van der Waals surface area contributed by atoms with Crippen molar-refractivity contribution >= 4 is 5.69 Å². The van der Waals surface area contributed by atoms with Gasteiger partial charge < -0.3 is 9.84 Å². The Morgan fingerprint density at radius 1 is 1.19 bits per heavy atom. The van der Waals surface area contributed by atoms with Crippen LogP contribution in [0.3, 0.4) is 0 Å². The molecule has 110 valence electrons. The Morgan fingerprint density at radius 2 is 1.86 bits per heavy atom. The molecule has 0 aliphatic heterocycles. The maximum atomic E-state index is 13.8. The van der Waals surface area contributed by atoms with Gasteiger partial charge in [0.2, 0.25) is 5.75 Å². The molecule has 7 heteroatoms. The molecule has 21 heavy (non-hydrogen) atoms. The van der Waals surface area contributed by atoms with E-state index < -0.39 is 28.3 Å². The van der Waals surface area contributed by atoms with E-state index in [1.165, 1.54) is 19.1 Å². The molecule has 0 bridgehead atoms. The van der Waals surface area contributed by atoms with E-state index in [4.69, 9.17) is 4.74 Å². The van der Waals surface area contributed by atoms with E-state index in [1.54, 1.807) is 0 Å². The number of benzene rings is 2. The lowest BCUT2D eigenvalue weighted by molar-refractivity contribution is -0.385. The molecule has 0 amide bonds. The number of ether oxygens (including phenoxy) is 1. The van der Waals surface area contributed by atoms with Crippen molar-refractivity contribution in [2.75, 3.05) is 0 Å². The van der Waals surface area contributed by atoms with E-state index >= 15 is 0 Å². The van der Waals surface area contributed by atoms with Crippen LogP contribution in [0.5, 0.6) is 11.5 Å². The Balaban J connectivity index is 2.37. The van der Waals surface area contributed by atoms with Crippen molar-refractivity contribution in [2.45, 2.75) is 13.0 Å². The molecule has 2 aromatic rings. The number of aliphatic hydroxyl groups is 1. The van der Waals surface area contributed by atoms with Crippen molar-refractivity contribution in [3.05, 3.63) is 63.7 Å². The Bertz CT molecular complexity index is 689. The Labute approximate surface area is 118 Å². The third-order valence-corrected chi connectivity index (χ3v) is 2.78. The first-order chi connectivity index (χ1) is 9.88. The van der Waals surface area contributed by atoms with E-state index in [2.05, 4.69) is 0 Å². The first-order valence-electron chi connectivity index (χ1n) is 5.98. The first kappa shape index (κ1) is 14.9. The highest BCUT2D eigenvalue weighted by Gasteiger charge is 2.18. The van der Waals surface area contributed by atoms with E-state index in [-0.39, 0.29) is 11.5 Å². The summed E-state index contributed by atoms with van der Waals surface area (Å²) in [6, 6.07) is 6.45. The summed E-state index contributed by atoms with van der Waals surface area (Å²) < 4.78 is 32.0. The number of hydrogen-bond donors (Lipinski definition) is 1. The van der Waals surface area contributed by atoms with Crippen molar-refractivity contribution in [1.29, 1.82) is 0 Å². The van der Waals surface area contributed by atoms with Gasteiger partial charge in [-0.25, -0.2) is 8.78 Å². The molecule has 0 aromatic heterocycles. The zero-order chi connectivity index (χ0) is 15.6. The third kappa shape index (κ3) is 3.32. The number of nitro benzene ring substituents is 1. The van der Waals surface area contributed by atoms with Gasteiger partial charge >= 0.3 is 5.69 Å². The van der Waals surface area contributed by atoms with Gasteiger partial charge in [-0.2, -0.15) is 0 Å². The largest absolute Gasteiger partial charge is 0.447 e. The quantitative estimate of drug-likeness (QED) is 0.689. The molecule has 0 fully saturated rings. The van der Waals surface area contributed by atoms with E-state index in [9.17, 15) is 24.0 Å². The van der Waals surface area contributed by atoms with Gasteiger partial charge in [0.05, 0.1) is 17.1 Å². The summed E-state index contributed by atoms with van der Waals surface area (Å²) in [5.41, 5.74) is -0.262.